The molecule has 5 nitrogen and oxygen atoms in total. The average molecular weight is 825 g/mol. The molecule has 6 heteroatoms. The average Bonchev–Trinajstić information content (AvgIpc) is 3.59. The molecular weight excluding hydrogens is 783 g/mol. The van der Waals surface area contributed by atoms with Gasteiger partial charge in [0.05, 0.1) is 12.2 Å². The van der Waals surface area contributed by atoms with Crippen LogP contribution in [0.3, 0.4) is 0 Å². The first-order valence-corrected chi connectivity index (χ1v) is 16.2. The summed E-state index contributed by atoms with van der Waals surface area (Å²) in [7, 11) is 0. The zero-order valence-electron chi connectivity index (χ0n) is 28.3. The van der Waals surface area contributed by atoms with E-state index in [0.29, 0.717) is 6.42 Å². The number of benzene rings is 5. The molecule has 2 atom stereocenters. The van der Waals surface area contributed by atoms with Gasteiger partial charge in [0.15, 0.2) is 0 Å². The molecule has 6 aromatic rings. The number of rotatable bonds is 6. The van der Waals surface area contributed by atoms with Gasteiger partial charge in [0.25, 0.3) is 0 Å². The molecule has 0 spiro atoms. The number of aliphatic hydroxyl groups excluding tert-OH is 2. The summed E-state index contributed by atoms with van der Waals surface area (Å²) in [4.78, 5) is 8.71. The first kappa shape index (κ1) is 37.2. The van der Waals surface area contributed by atoms with Gasteiger partial charge in [-0.05, 0) is 103 Å². The van der Waals surface area contributed by atoms with Crippen molar-refractivity contribution >= 4 is 22.1 Å². The van der Waals surface area contributed by atoms with E-state index in [4.69, 9.17) is 10.2 Å². The molecule has 0 saturated carbocycles. The second-order valence-corrected chi connectivity index (χ2v) is 11.9. The zero-order chi connectivity index (χ0) is 33.9. The molecule has 0 fully saturated rings. The quantitative estimate of drug-likeness (QED) is 0.164. The number of aryl methyl sites for hydroxylation is 2. The summed E-state index contributed by atoms with van der Waals surface area (Å²) < 4.78 is 0. The standard InChI is InChI=1S/C23H20N2.C15H10N.C5H12O2.Ir/c1-18-15-21(20-9-5-3-6-10-20)16-19(2)23(18)25-14-13-24(17-25)22-11-7-4-8-12-22;1-2-7-13(8-3-1)15-14-9-5-4-6-12(14)10-11-16-15;1-4(6)3-5(2)7;/h3-11,13-17H,1-2H3;1-7,9-11H;4-7H,3H2,1-2H3;/q-2;-1;;+3. The van der Waals surface area contributed by atoms with Crippen molar-refractivity contribution in [2.24, 2.45) is 0 Å². The van der Waals surface area contributed by atoms with Crippen molar-refractivity contribution in [1.29, 1.82) is 0 Å². The third kappa shape index (κ3) is 10.2. The Bertz CT molecular complexity index is 1880. The minimum Gasteiger partial charge on any atom is -0.500 e. The third-order valence-electron chi connectivity index (χ3n) is 7.78. The largest absolute Gasteiger partial charge is 3.00 e. The fourth-order valence-electron chi connectivity index (χ4n) is 5.70. The fourth-order valence-corrected chi connectivity index (χ4v) is 5.70. The van der Waals surface area contributed by atoms with Crippen molar-refractivity contribution in [3.05, 3.63) is 170 Å². The molecular formula is C43H42IrN3O2. The Hall–Kier alpha value is -4.58. The van der Waals surface area contributed by atoms with E-state index in [-0.39, 0.29) is 32.3 Å². The molecule has 49 heavy (non-hydrogen) atoms. The minimum atomic E-state index is -0.375. The van der Waals surface area contributed by atoms with Gasteiger partial charge >= 0.3 is 20.1 Å². The van der Waals surface area contributed by atoms with Gasteiger partial charge in [0, 0.05) is 11.9 Å². The van der Waals surface area contributed by atoms with Crippen LogP contribution >= 0.6 is 0 Å². The fraction of sp³-hybridized carbons (Fsp3) is 0.163. The molecule has 2 N–H and O–H groups in total. The van der Waals surface area contributed by atoms with Crippen molar-refractivity contribution in [3.63, 3.8) is 0 Å². The van der Waals surface area contributed by atoms with Gasteiger partial charge in [-0.1, -0.05) is 54.6 Å². The number of hydrogen-bond acceptors (Lipinski definition) is 5. The Labute approximate surface area is 304 Å². The van der Waals surface area contributed by atoms with E-state index in [1.54, 1.807) is 13.8 Å². The third-order valence-corrected chi connectivity index (χ3v) is 7.78. The smallest absolute Gasteiger partial charge is 0.500 e. The van der Waals surface area contributed by atoms with Crippen LogP contribution in [-0.4, -0.2) is 27.4 Å². The molecule has 2 unspecified atom stereocenters. The summed E-state index contributed by atoms with van der Waals surface area (Å²) >= 11 is 0. The van der Waals surface area contributed by atoms with E-state index < -0.39 is 0 Å². The Balaban J connectivity index is 0.000000193. The maximum atomic E-state index is 8.56. The summed E-state index contributed by atoms with van der Waals surface area (Å²) in [6.45, 7) is 9.77. The number of aromatic nitrogens is 1. The van der Waals surface area contributed by atoms with E-state index in [0.717, 1.165) is 16.9 Å². The van der Waals surface area contributed by atoms with Crippen LogP contribution in [0.5, 0.6) is 0 Å². The van der Waals surface area contributed by atoms with E-state index in [9.17, 15) is 0 Å². The zero-order valence-corrected chi connectivity index (χ0v) is 30.7. The number of aliphatic hydroxyl groups is 2. The Morgan fingerprint density at radius 1 is 0.694 bits per heavy atom. The minimum absolute atomic E-state index is 0. The van der Waals surface area contributed by atoms with Crippen molar-refractivity contribution in [2.75, 3.05) is 9.80 Å². The number of fused-ring (bicyclic) bond motifs is 1. The predicted molar refractivity (Wildman–Crippen MR) is 199 cm³/mol. The van der Waals surface area contributed by atoms with E-state index >= 15 is 0 Å². The van der Waals surface area contributed by atoms with Crippen molar-refractivity contribution < 1.29 is 30.3 Å². The summed E-state index contributed by atoms with van der Waals surface area (Å²) in [5.41, 5.74) is 9.35. The van der Waals surface area contributed by atoms with Gasteiger partial charge in [-0.2, -0.15) is 30.3 Å². The van der Waals surface area contributed by atoms with Gasteiger partial charge in [-0.15, -0.1) is 48.3 Å². The van der Waals surface area contributed by atoms with Crippen LogP contribution < -0.4 is 9.80 Å². The van der Waals surface area contributed by atoms with Crippen molar-refractivity contribution in [1.82, 2.24) is 4.98 Å². The molecule has 1 aromatic heterocycles. The van der Waals surface area contributed by atoms with Crippen LogP contribution in [0.15, 0.2) is 140 Å². The van der Waals surface area contributed by atoms with E-state index in [2.05, 4.69) is 120 Å². The number of pyridine rings is 1. The maximum Gasteiger partial charge on any atom is 3.00 e. The number of anilines is 2. The van der Waals surface area contributed by atoms with Gasteiger partial charge in [0.1, 0.15) is 0 Å². The normalized spacial score (nSPS) is 13.0. The summed E-state index contributed by atoms with van der Waals surface area (Å²) in [5.74, 6) is 0. The predicted octanol–water partition coefficient (Wildman–Crippen LogP) is 9.53. The van der Waals surface area contributed by atoms with Crippen LogP contribution in [0.1, 0.15) is 31.4 Å². The summed E-state index contributed by atoms with van der Waals surface area (Å²) in [5, 5.41) is 19.5. The summed E-state index contributed by atoms with van der Waals surface area (Å²) in [6.07, 6.45) is 5.73. The number of para-hydroxylation sites is 1. The maximum absolute atomic E-state index is 8.56. The van der Waals surface area contributed by atoms with Crippen LogP contribution in [0.4, 0.5) is 11.4 Å². The topological polar surface area (TPSA) is 59.8 Å². The Morgan fingerprint density at radius 2 is 1.31 bits per heavy atom. The van der Waals surface area contributed by atoms with Gasteiger partial charge in [0.2, 0.25) is 0 Å². The monoisotopic (exact) mass is 825 g/mol. The molecule has 0 aliphatic carbocycles. The first-order chi connectivity index (χ1) is 23.3. The van der Waals surface area contributed by atoms with Crippen molar-refractivity contribution in [3.8, 4) is 22.4 Å². The molecule has 0 bridgehead atoms. The summed E-state index contributed by atoms with van der Waals surface area (Å²) in [6, 6.07) is 47.8. The molecule has 0 amide bonds. The molecule has 250 valence electrons. The SMILES string of the molecule is CC(O)CC(C)O.Cc1cc(-c2ccccc2)cc(C)c1N1C=CN(c2[c-]cccc2)[CH-]1.[Ir+3].[c-]1ccccc1-c1nccc2ccccc12. The number of hydrogen-bond donors (Lipinski definition) is 2. The van der Waals surface area contributed by atoms with Crippen LogP contribution in [0, 0.1) is 32.6 Å². The second kappa shape index (κ2) is 18.3. The van der Waals surface area contributed by atoms with Crippen LogP contribution in [-0.2, 0) is 20.1 Å². The van der Waals surface area contributed by atoms with Gasteiger partial charge in [-0.3, -0.25) is 0 Å². The molecule has 5 aromatic carbocycles. The number of nitrogens with zero attached hydrogens (tertiary/aromatic N) is 3. The van der Waals surface area contributed by atoms with Crippen LogP contribution in [0.25, 0.3) is 33.2 Å². The van der Waals surface area contributed by atoms with E-state index in [1.165, 1.54) is 38.7 Å². The van der Waals surface area contributed by atoms with Crippen LogP contribution in [0.2, 0.25) is 0 Å². The van der Waals surface area contributed by atoms with Gasteiger partial charge in [-0.25, -0.2) is 0 Å². The Kier molecular flexibility index (Phi) is 13.9. The molecule has 0 saturated heterocycles. The molecule has 1 aliphatic rings. The molecule has 2 heterocycles. The Morgan fingerprint density at radius 3 is 1.92 bits per heavy atom. The first-order valence-electron chi connectivity index (χ1n) is 16.2. The second-order valence-electron chi connectivity index (χ2n) is 11.9. The molecule has 7 rings (SSSR count). The van der Waals surface area contributed by atoms with Gasteiger partial charge < -0.3 is 25.0 Å². The van der Waals surface area contributed by atoms with Crippen molar-refractivity contribution in [2.45, 2.75) is 46.3 Å². The molecule has 0 radical (unpaired) electrons. The van der Waals surface area contributed by atoms with E-state index in [1.807, 2.05) is 66.9 Å². The molecule has 1 aliphatic heterocycles.